The smallest absolute Gasteiger partial charge is 0.137 e. The normalized spacial score (nSPS) is 11.8. The topological polar surface area (TPSA) is 56.0 Å². The Bertz CT molecular complexity index is 3210. The molecule has 0 atom stereocenters. The summed E-state index contributed by atoms with van der Waals surface area (Å²) in [5, 5.41) is 6.86. The second-order valence-corrected chi connectivity index (χ2v) is 13.5. The maximum Gasteiger partial charge on any atom is 0.137 e. The lowest BCUT2D eigenvalue weighted by atomic mass is 9.93. The van der Waals surface area contributed by atoms with Crippen LogP contribution in [0.2, 0.25) is 0 Å². The van der Waals surface area contributed by atoms with E-state index in [1.807, 2.05) is 48.7 Å². The van der Waals surface area contributed by atoms with E-state index >= 15 is 0 Å². The Labute approximate surface area is 304 Å². The van der Waals surface area contributed by atoms with Gasteiger partial charge in [0.2, 0.25) is 0 Å². The van der Waals surface area contributed by atoms with E-state index in [0.717, 1.165) is 77.6 Å². The van der Waals surface area contributed by atoms with Gasteiger partial charge >= 0.3 is 0 Å². The molecule has 0 saturated carbocycles. The molecule has 0 N–H and O–H groups in total. The van der Waals surface area contributed by atoms with Crippen LogP contribution in [0.5, 0.6) is 0 Å². The van der Waals surface area contributed by atoms with E-state index in [9.17, 15) is 0 Å². The van der Waals surface area contributed by atoms with Crippen molar-refractivity contribution in [3.05, 3.63) is 176 Å². The van der Waals surface area contributed by atoms with Crippen molar-refractivity contribution in [1.82, 2.24) is 24.3 Å². The summed E-state index contributed by atoms with van der Waals surface area (Å²) in [7, 11) is 0. The third kappa shape index (κ3) is 4.71. The molecule has 0 fully saturated rings. The minimum absolute atomic E-state index is 0.769. The van der Waals surface area contributed by atoms with Gasteiger partial charge < -0.3 is 0 Å². The molecule has 246 valence electrons. The van der Waals surface area contributed by atoms with Crippen LogP contribution < -0.4 is 0 Å². The SMILES string of the molecule is c1ccc(-c2ccc3c(c2)c2cc(-c4ccc5ccc6nc(-c7ccccc7)c(-c7ccccn7)nc6c5c4)ccc2c2c3nc3ccccn32)cc1. The summed E-state index contributed by atoms with van der Waals surface area (Å²) >= 11 is 0. The summed E-state index contributed by atoms with van der Waals surface area (Å²) in [5.41, 5.74) is 12.8. The number of imidazole rings is 1. The number of fused-ring (bicyclic) bond motifs is 11. The van der Waals surface area contributed by atoms with Crippen molar-refractivity contribution in [2.45, 2.75) is 0 Å². The van der Waals surface area contributed by atoms with Gasteiger partial charge in [0.25, 0.3) is 0 Å². The Kier molecular flexibility index (Phi) is 6.48. The molecule has 53 heavy (non-hydrogen) atoms. The van der Waals surface area contributed by atoms with Gasteiger partial charge in [-0.05, 0) is 86.9 Å². The Morgan fingerprint density at radius 2 is 1.06 bits per heavy atom. The van der Waals surface area contributed by atoms with Crippen LogP contribution in [0.15, 0.2) is 176 Å². The van der Waals surface area contributed by atoms with Gasteiger partial charge in [0, 0.05) is 34.1 Å². The summed E-state index contributed by atoms with van der Waals surface area (Å²) in [4.78, 5) is 20.4. The third-order valence-electron chi connectivity index (χ3n) is 10.4. The lowest BCUT2D eigenvalue weighted by molar-refractivity contribution is 1.23. The van der Waals surface area contributed by atoms with Crippen molar-refractivity contribution in [3.8, 4) is 44.9 Å². The van der Waals surface area contributed by atoms with Crippen molar-refractivity contribution >= 4 is 60.0 Å². The van der Waals surface area contributed by atoms with Crippen molar-refractivity contribution in [2.24, 2.45) is 0 Å². The van der Waals surface area contributed by atoms with Gasteiger partial charge in [-0.25, -0.2) is 15.0 Å². The van der Waals surface area contributed by atoms with Gasteiger partial charge in [-0.15, -0.1) is 0 Å². The fourth-order valence-corrected chi connectivity index (χ4v) is 7.87. The molecule has 0 saturated heterocycles. The van der Waals surface area contributed by atoms with Crippen LogP contribution in [-0.4, -0.2) is 24.3 Å². The maximum absolute atomic E-state index is 5.34. The molecule has 11 rings (SSSR count). The van der Waals surface area contributed by atoms with E-state index in [2.05, 4.69) is 132 Å². The molecule has 4 heterocycles. The molecule has 7 aromatic carbocycles. The molecule has 0 spiro atoms. The summed E-state index contributed by atoms with van der Waals surface area (Å²) < 4.78 is 2.21. The Morgan fingerprint density at radius 1 is 0.396 bits per heavy atom. The van der Waals surface area contributed by atoms with Crippen LogP contribution in [0.1, 0.15) is 0 Å². The molecular weight excluding hydrogens is 647 g/mol. The molecule has 0 aliphatic heterocycles. The predicted octanol–water partition coefficient (Wildman–Crippen LogP) is 12.0. The van der Waals surface area contributed by atoms with Crippen LogP contribution in [0.3, 0.4) is 0 Å². The third-order valence-corrected chi connectivity index (χ3v) is 10.4. The zero-order valence-electron chi connectivity index (χ0n) is 28.5. The molecular formula is C48H29N5. The summed E-state index contributed by atoms with van der Waals surface area (Å²) in [6.45, 7) is 0. The summed E-state index contributed by atoms with van der Waals surface area (Å²) in [6.07, 6.45) is 3.92. The van der Waals surface area contributed by atoms with Gasteiger partial charge in [0.15, 0.2) is 0 Å². The number of rotatable bonds is 4. The van der Waals surface area contributed by atoms with Crippen molar-refractivity contribution in [1.29, 1.82) is 0 Å². The zero-order chi connectivity index (χ0) is 34.9. The lowest BCUT2D eigenvalue weighted by Gasteiger charge is -2.13. The molecule has 5 heteroatoms. The number of benzene rings is 7. The van der Waals surface area contributed by atoms with Gasteiger partial charge in [0.05, 0.1) is 33.5 Å². The highest BCUT2D eigenvalue weighted by Gasteiger charge is 2.18. The van der Waals surface area contributed by atoms with Gasteiger partial charge in [-0.1, -0.05) is 115 Å². The number of hydrogen-bond donors (Lipinski definition) is 0. The molecule has 0 aliphatic rings. The van der Waals surface area contributed by atoms with Crippen molar-refractivity contribution in [2.75, 3.05) is 0 Å². The van der Waals surface area contributed by atoms with Gasteiger partial charge in [0.1, 0.15) is 11.3 Å². The molecule has 0 amide bonds. The quantitative estimate of drug-likeness (QED) is 0.174. The largest absolute Gasteiger partial charge is 0.299 e. The fraction of sp³-hybridized carbons (Fsp3) is 0. The van der Waals surface area contributed by atoms with E-state index in [1.165, 1.54) is 27.3 Å². The molecule has 0 radical (unpaired) electrons. The molecule has 4 aromatic heterocycles. The fourth-order valence-electron chi connectivity index (χ4n) is 7.87. The average molecular weight is 676 g/mol. The molecule has 5 nitrogen and oxygen atoms in total. The number of hydrogen-bond acceptors (Lipinski definition) is 4. The summed E-state index contributed by atoms with van der Waals surface area (Å²) in [6, 6.07) is 57.5. The second kappa shape index (κ2) is 11.7. The van der Waals surface area contributed by atoms with E-state index in [-0.39, 0.29) is 0 Å². The number of pyridine rings is 2. The van der Waals surface area contributed by atoms with Crippen LogP contribution in [0.25, 0.3) is 105 Å². The van der Waals surface area contributed by atoms with E-state index in [0.29, 0.717) is 0 Å². The first-order chi connectivity index (χ1) is 26.3. The second-order valence-electron chi connectivity index (χ2n) is 13.5. The van der Waals surface area contributed by atoms with Crippen LogP contribution in [0.4, 0.5) is 0 Å². The first-order valence-corrected chi connectivity index (χ1v) is 17.8. The number of aromatic nitrogens is 5. The van der Waals surface area contributed by atoms with Gasteiger partial charge in [-0.3, -0.25) is 9.38 Å². The zero-order valence-corrected chi connectivity index (χ0v) is 28.5. The van der Waals surface area contributed by atoms with Crippen molar-refractivity contribution in [3.63, 3.8) is 0 Å². The minimum Gasteiger partial charge on any atom is -0.299 e. The standard InChI is InChI=1S/C48H29N5/c1-3-11-30(12-4-1)33-19-22-36-39(28-33)40-29-35(20-23-37(40)48-46(36)51-43-16-8-10-26-53(43)48)34-18-17-31-21-24-42-45(38(31)27-34)52-47(41-15-7-9-25-49-41)44(50-42)32-13-5-2-6-14-32/h1-29H. The van der Waals surface area contributed by atoms with E-state index in [4.69, 9.17) is 19.9 Å². The number of nitrogens with zero attached hydrogens (tertiary/aromatic N) is 5. The Morgan fingerprint density at radius 3 is 1.85 bits per heavy atom. The van der Waals surface area contributed by atoms with Crippen LogP contribution >= 0.6 is 0 Å². The average Bonchev–Trinajstić information content (AvgIpc) is 3.64. The lowest BCUT2D eigenvalue weighted by Crippen LogP contribution is -1.97. The molecule has 11 aromatic rings. The highest BCUT2D eigenvalue weighted by molar-refractivity contribution is 6.25. The van der Waals surface area contributed by atoms with Gasteiger partial charge in [-0.2, -0.15) is 0 Å². The van der Waals surface area contributed by atoms with Crippen molar-refractivity contribution < 1.29 is 0 Å². The first kappa shape index (κ1) is 29.5. The van der Waals surface area contributed by atoms with Crippen LogP contribution in [0, 0.1) is 0 Å². The maximum atomic E-state index is 5.34. The van der Waals surface area contributed by atoms with E-state index in [1.54, 1.807) is 0 Å². The molecule has 0 aliphatic carbocycles. The Balaban J connectivity index is 1.16. The minimum atomic E-state index is 0.769. The monoisotopic (exact) mass is 675 g/mol. The highest BCUT2D eigenvalue weighted by atomic mass is 15.0. The van der Waals surface area contributed by atoms with E-state index < -0.39 is 0 Å². The molecule has 0 unspecified atom stereocenters. The first-order valence-electron chi connectivity index (χ1n) is 17.8. The summed E-state index contributed by atoms with van der Waals surface area (Å²) in [5.74, 6) is 0. The predicted molar refractivity (Wildman–Crippen MR) is 218 cm³/mol. The van der Waals surface area contributed by atoms with Crippen LogP contribution in [-0.2, 0) is 0 Å². The highest BCUT2D eigenvalue weighted by Crippen LogP contribution is 2.40. The molecule has 0 bridgehead atoms. The Hall–Kier alpha value is -7.24.